The molecule has 0 unspecified atom stereocenters. The van der Waals surface area contributed by atoms with Crippen LogP contribution in [0.25, 0.3) is 21.8 Å². The van der Waals surface area contributed by atoms with Crippen molar-refractivity contribution in [3.8, 4) is 0 Å². The molecule has 10 heteroatoms. The van der Waals surface area contributed by atoms with E-state index in [0.29, 0.717) is 25.7 Å². The van der Waals surface area contributed by atoms with Crippen LogP contribution in [0, 0.1) is 17.8 Å². The molecule has 10 nitrogen and oxygen atoms in total. The molecule has 2 aromatic heterocycles. The van der Waals surface area contributed by atoms with Crippen LogP contribution in [0.15, 0.2) is 61.7 Å². The third-order valence-corrected chi connectivity index (χ3v) is 13.5. The van der Waals surface area contributed by atoms with Gasteiger partial charge in [0.25, 0.3) is 11.8 Å². The van der Waals surface area contributed by atoms with Gasteiger partial charge in [-0.25, -0.2) is 0 Å². The second kappa shape index (κ2) is 17.7. The molecule has 1 N–H and O–H groups in total. The number of benzene rings is 2. The SMILES string of the molecule is C=CCn1c2c(c3cc(C(=O)N4CCC(C)CC4)ccc31)CN(C(=O)C1CCOCC1)CC2.C=CCn1c2c(c3cc(C(=O)N4CCC(C)CC4)ccc31)CNCC2. The number of hydrogen-bond donors (Lipinski definition) is 1. The zero-order chi connectivity index (χ0) is 40.3. The number of ether oxygens (including phenoxy) is 1. The van der Waals surface area contributed by atoms with Crippen molar-refractivity contribution < 1.29 is 19.1 Å². The molecular formula is C48H62N6O4. The number of carbonyl (C=O) groups is 3. The van der Waals surface area contributed by atoms with Crippen molar-refractivity contribution >= 4 is 39.5 Å². The largest absolute Gasteiger partial charge is 0.381 e. The van der Waals surface area contributed by atoms with E-state index in [1.54, 1.807) is 0 Å². The molecule has 3 fully saturated rings. The maximum atomic E-state index is 13.3. The van der Waals surface area contributed by atoms with Crippen LogP contribution in [-0.4, -0.2) is 94.0 Å². The summed E-state index contributed by atoms with van der Waals surface area (Å²) in [6.45, 7) is 22.0. The molecule has 2 aromatic carbocycles. The number of nitrogens with zero attached hydrogens (tertiary/aromatic N) is 5. The average Bonchev–Trinajstić information content (AvgIpc) is 3.75. The zero-order valence-electron chi connectivity index (χ0n) is 34.8. The van der Waals surface area contributed by atoms with Crippen LogP contribution in [0.3, 0.4) is 0 Å². The maximum absolute atomic E-state index is 13.3. The molecule has 3 saturated heterocycles. The molecule has 0 saturated carbocycles. The number of fused-ring (bicyclic) bond motifs is 6. The lowest BCUT2D eigenvalue weighted by Crippen LogP contribution is -2.41. The number of hydrogen-bond acceptors (Lipinski definition) is 5. The molecule has 5 aliphatic rings. The maximum Gasteiger partial charge on any atom is 0.253 e. The van der Waals surface area contributed by atoms with Crippen LogP contribution in [0.4, 0.5) is 0 Å². The van der Waals surface area contributed by atoms with Crippen LogP contribution < -0.4 is 5.32 Å². The topological polar surface area (TPSA) is 92.0 Å². The number of carbonyl (C=O) groups excluding carboxylic acids is 3. The van der Waals surface area contributed by atoms with Crippen LogP contribution in [-0.2, 0) is 48.6 Å². The fourth-order valence-electron chi connectivity index (χ4n) is 9.95. The standard InChI is InChI=1S/C27H35N3O3.C21H27N3O/c1-3-11-30-24-5-4-21(27(32)28-12-6-19(2)7-13-28)17-22(24)23-18-29(14-8-25(23)30)26(31)20-9-15-33-16-10-20;1-3-10-24-19-5-4-16(21(25)23-11-7-15(2)8-12-23)13-17(19)18-14-22-9-6-20(18)24/h3-5,17,19-20H,1,6-16,18H2,2H3;3-5,13,15,22H,1,6-12,14H2,2H3. The summed E-state index contributed by atoms with van der Waals surface area (Å²) in [4.78, 5) is 45.5. The minimum Gasteiger partial charge on any atom is -0.381 e. The Morgan fingerprint density at radius 1 is 0.690 bits per heavy atom. The Balaban J connectivity index is 0.000000168. The molecule has 0 bridgehead atoms. The van der Waals surface area contributed by atoms with Crippen LogP contribution in [0.5, 0.6) is 0 Å². The van der Waals surface area contributed by atoms with E-state index in [9.17, 15) is 14.4 Å². The molecular weight excluding hydrogens is 725 g/mol. The number of likely N-dealkylation sites (tertiary alicyclic amines) is 2. The van der Waals surface area contributed by atoms with Crippen molar-refractivity contribution in [2.45, 2.75) is 91.4 Å². The Bertz CT molecular complexity index is 2180. The van der Waals surface area contributed by atoms with Gasteiger partial charge >= 0.3 is 0 Å². The molecule has 3 amide bonds. The number of allylic oxidation sites excluding steroid dienone is 2. The van der Waals surface area contributed by atoms with Gasteiger partial charge in [0.05, 0.1) is 0 Å². The number of aromatic nitrogens is 2. The Morgan fingerprint density at radius 2 is 1.21 bits per heavy atom. The van der Waals surface area contributed by atoms with Crippen LogP contribution in [0.2, 0.25) is 0 Å². The molecule has 0 aliphatic carbocycles. The minimum atomic E-state index is 0.0699. The Labute approximate surface area is 343 Å². The van der Waals surface area contributed by atoms with E-state index in [4.69, 9.17) is 4.74 Å². The molecule has 4 aromatic rings. The van der Waals surface area contributed by atoms with E-state index < -0.39 is 0 Å². The number of rotatable bonds is 7. The van der Waals surface area contributed by atoms with Gasteiger partial charge in [0.2, 0.25) is 5.91 Å². The first-order valence-electron chi connectivity index (χ1n) is 21.9. The van der Waals surface area contributed by atoms with Gasteiger partial charge in [-0.1, -0.05) is 26.0 Å². The van der Waals surface area contributed by atoms with Gasteiger partial charge in [-0.15, -0.1) is 13.2 Å². The minimum absolute atomic E-state index is 0.0699. The van der Waals surface area contributed by atoms with Gasteiger partial charge in [0.15, 0.2) is 0 Å². The van der Waals surface area contributed by atoms with Gasteiger partial charge in [-0.05, 0) is 92.3 Å². The highest BCUT2D eigenvalue weighted by Gasteiger charge is 2.32. The predicted molar refractivity (Wildman–Crippen MR) is 231 cm³/mol. The summed E-state index contributed by atoms with van der Waals surface area (Å²) in [5.41, 5.74) is 9.14. The highest BCUT2D eigenvalue weighted by atomic mass is 16.5. The second-order valence-electron chi connectivity index (χ2n) is 17.4. The highest BCUT2D eigenvalue weighted by Crippen LogP contribution is 2.34. The molecule has 5 aliphatic heterocycles. The molecule has 0 atom stereocenters. The lowest BCUT2D eigenvalue weighted by molar-refractivity contribution is -0.139. The third kappa shape index (κ3) is 8.02. The third-order valence-electron chi connectivity index (χ3n) is 13.5. The number of nitrogens with one attached hydrogen (secondary N) is 1. The van der Waals surface area contributed by atoms with Gasteiger partial charge in [0, 0.05) is 147 Å². The van der Waals surface area contributed by atoms with Crippen molar-refractivity contribution in [2.75, 3.05) is 52.5 Å². The molecule has 7 heterocycles. The first-order chi connectivity index (χ1) is 28.2. The first kappa shape index (κ1) is 40.1. The van der Waals surface area contributed by atoms with Crippen molar-refractivity contribution in [3.63, 3.8) is 0 Å². The van der Waals surface area contributed by atoms with E-state index in [1.807, 2.05) is 39.0 Å². The summed E-state index contributed by atoms with van der Waals surface area (Å²) in [6.07, 6.45) is 11.7. The fourth-order valence-corrected chi connectivity index (χ4v) is 9.95. The van der Waals surface area contributed by atoms with Gasteiger partial charge in [-0.3, -0.25) is 14.4 Å². The van der Waals surface area contributed by atoms with Crippen molar-refractivity contribution in [1.82, 2.24) is 29.2 Å². The lowest BCUT2D eigenvalue weighted by atomic mass is 9.96. The highest BCUT2D eigenvalue weighted by molar-refractivity contribution is 6.00. The van der Waals surface area contributed by atoms with Crippen molar-refractivity contribution in [3.05, 3.63) is 95.3 Å². The fraction of sp³-hybridized carbons (Fsp3) is 0.521. The summed E-state index contributed by atoms with van der Waals surface area (Å²) < 4.78 is 10.1. The second-order valence-corrected chi connectivity index (χ2v) is 17.4. The lowest BCUT2D eigenvalue weighted by Gasteiger charge is -2.32. The summed E-state index contributed by atoms with van der Waals surface area (Å²) in [7, 11) is 0. The molecule has 58 heavy (non-hydrogen) atoms. The van der Waals surface area contributed by atoms with Crippen molar-refractivity contribution in [1.29, 1.82) is 0 Å². The monoisotopic (exact) mass is 786 g/mol. The van der Waals surface area contributed by atoms with Gasteiger partial charge < -0.3 is 33.9 Å². The average molecular weight is 787 g/mol. The summed E-state index contributed by atoms with van der Waals surface area (Å²) in [6, 6.07) is 12.4. The normalized spacial score (nSPS) is 19.4. The molecule has 308 valence electrons. The number of piperidine rings is 2. The Hall–Kier alpha value is -4.67. The van der Waals surface area contributed by atoms with E-state index in [0.717, 1.165) is 138 Å². The first-order valence-corrected chi connectivity index (χ1v) is 21.9. The molecule has 0 radical (unpaired) electrons. The number of amides is 3. The Morgan fingerprint density at radius 3 is 1.74 bits per heavy atom. The van der Waals surface area contributed by atoms with Crippen LogP contribution in [0.1, 0.15) is 95.6 Å². The summed E-state index contributed by atoms with van der Waals surface area (Å²) >= 11 is 0. The van der Waals surface area contributed by atoms with E-state index >= 15 is 0 Å². The zero-order valence-corrected chi connectivity index (χ0v) is 34.8. The van der Waals surface area contributed by atoms with Crippen molar-refractivity contribution in [2.24, 2.45) is 17.8 Å². The molecule has 9 rings (SSSR count). The predicted octanol–water partition coefficient (Wildman–Crippen LogP) is 7.36. The quantitative estimate of drug-likeness (QED) is 0.198. The van der Waals surface area contributed by atoms with E-state index in [-0.39, 0.29) is 23.6 Å². The molecule has 0 spiro atoms. The van der Waals surface area contributed by atoms with Gasteiger partial charge in [0.1, 0.15) is 0 Å². The summed E-state index contributed by atoms with van der Waals surface area (Å²) in [5, 5.41) is 5.80. The van der Waals surface area contributed by atoms with Crippen LogP contribution >= 0.6 is 0 Å². The van der Waals surface area contributed by atoms with E-state index in [1.165, 1.54) is 33.4 Å². The van der Waals surface area contributed by atoms with Gasteiger partial charge in [-0.2, -0.15) is 0 Å². The Kier molecular flexibility index (Phi) is 12.2. The van der Waals surface area contributed by atoms with E-state index in [2.05, 4.69) is 65.7 Å². The summed E-state index contributed by atoms with van der Waals surface area (Å²) in [5.74, 6) is 2.06. The smallest absolute Gasteiger partial charge is 0.253 e.